The lowest BCUT2D eigenvalue weighted by atomic mass is 10.1. The van der Waals surface area contributed by atoms with Crippen molar-refractivity contribution < 1.29 is 13.2 Å². The maximum absolute atomic E-state index is 12.8. The van der Waals surface area contributed by atoms with Crippen LogP contribution in [0.4, 0.5) is 0 Å². The molecular formula is C16H26ClN3O3S2. The zero-order valence-corrected chi connectivity index (χ0v) is 16.9. The predicted molar refractivity (Wildman–Crippen MR) is 105 cm³/mol. The van der Waals surface area contributed by atoms with Gasteiger partial charge in [-0.3, -0.25) is 4.79 Å². The van der Waals surface area contributed by atoms with Crippen molar-refractivity contribution in [2.75, 3.05) is 31.6 Å². The molecule has 9 heteroatoms. The molecule has 0 aliphatic carbocycles. The minimum absolute atomic E-state index is 0. The van der Waals surface area contributed by atoms with Crippen LogP contribution in [0.15, 0.2) is 35.2 Å². The Morgan fingerprint density at radius 1 is 1.40 bits per heavy atom. The Balaban J connectivity index is 0.00000312. The van der Waals surface area contributed by atoms with Crippen LogP contribution in [0.25, 0.3) is 0 Å². The second-order valence-corrected chi connectivity index (χ2v) is 8.61. The fraction of sp³-hybridized carbons (Fsp3) is 0.562. The minimum Gasteiger partial charge on any atom is -0.338 e. The molecule has 0 bridgehead atoms. The summed E-state index contributed by atoms with van der Waals surface area (Å²) in [7, 11) is -3.71. The van der Waals surface area contributed by atoms with Gasteiger partial charge < -0.3 is 10.2 Å². The van der Waals surface area contributed by atoms with E-state index in [9.17, 15) is 13.2 Å². The maximum Gasteiger partial charge on any atom is 0.241 e. The van der Waals surface area contributed by atoms with Gasteiger partial charge in [-0.2, -0.15) is 16.5 Å². The zero-order chi connectivity index (χ0) is 17.6. The highest BCUT2D eigenvalue weighted by molar-refractivity contribution is 7.98. The first-order chi connectivity index (χ1) is 11.4. The summed E-state index contributed by atoms with van der Waals surface area (Å²) >= 11 is 1.60. The van der Waals surface area contributed by atoms with Gasteiger partial charge in [0.2, 0.25) is 15.9 Å². The van der Waals surface area contributed by atoms with Crippen LogP contribution < -0.4 is 10.0 Å². The number of carbonyl (C=O) groups is 1. The van der Waals surface area contributed by atoms with Crippen molar-refractivity contribution in [3.8, 4) is 0 Å². The molecule has 1 saturated heterocycles. The molecule has 1 fully saturated rings. The largest absolute Gasteiger partial charge is 0.338 e. The minimum atomic E-state index is -3.71. The highest BCUT2D eigenvalue weighted by Gasteiger charge is 2.30. The van der Waals surface area contributed by atoms with Crippen LogP contribution in [-0.4, -0.2) is 63.0 Å². The van der Waals surface area contributed by atoms with Gasteiger partial charge in [0.1, 0.15) is 6.04 Å². The summed E-state index contributed by atoms with van der Waals surface area (Å²) in [6, 6.07) is 7.66. The molecule has 1 amide bonds. The van der Waals surface area contributed by atoms with Crippen LogP contribution in [0.2, 0.25) is 0 Å². The third-order valence-electron chi connectivity index (χ3n) is 3.94. The lowest BCUT2D eigenvalue weighted by Crippen LogP contribution is -2.56. The van der Waals surface area contributed by atoms with Crippen molar-refractivity contribution >= 4 is 40.1 Å². The molecular weight excluding hydrogens is 382 g/mol. The first kappa shape index (κ1) is 22.2. The van der Waals surface area contributed by atoms with Crippen molar-refractivity contribution in [1.29, 1.82) is 0 Å². The number of amides is 1. The molecule has 1 heterocycles. The maximum atomic E-state index is 12.8. The Morgan fingerprint density at radius 2 is 2.08 bits per heavy atom. The molecule has 2 N–H and O–H groups in total. The van der Waals surface area contributed by atoms with Gasteiger partial charge in [-0.15, -0.1) is 12.4 Å². The Kier molecular flexibility index (Phi) is 9.23. The molecule has 142 valence electrons. The SMILES string of the molecule is CSCCC(NS(=O)(=O)c1ccccc1)C(=O)N1CCNC(C)C1.Cl. The lowest BCUT2D eigenvalue weighted by Gasteiger charge is -2.34. The van der Waals surface area contributed by atoms with Gasteiger partial charge in [-0.25, -0.2) is 8.42 Å². The highest BCUT2D eigenvalue weighted by Crippen LogP contribution is 2.13. The number of piperazine rings is 1. The lowest BCUT2D eigenvalue weighted by molar-refractivity contribution is -0.134. The van der Waals surface area contributed by atoms with Crippen LogP contribution in [0.1, 0.15) is 13.3 Å². The molecule has 1 aliphatic heterocycles. The molecule has 0 saturated carbocycles. The van der Waals surface area contributed by atoms with Gasteiger partial charge in [0.15, 0.2) is 0 Å². The molecule has 25 heavy (non-hydrogen) atoms. The number of halogens is 1. The second kappa shape index (κ2) is 10.4. The van der Waals surface area contributed by atoms with E-state index >= 15 is 0 Å². The van der Waals surface area contributed by atoms with Crippen LogP contribution in [-0.2, 0) is 14.8 Å². The van der Waals surface area contributed by atoms with Crippen LogP contribution in [0.5, 0.6) is 0 Å². The highest BCUT2D eigenvalue weighted by atomic mass is 35.5. The van der Waals surface area contributed by atoms with Gasteiger partial charge in [0, 0.05) is 25.7 Å². The zero-order valence-electron chi connectivity index (χ0n) is 14.5. The van der Waals surface area contributed by atoms with Crippen molar-refractivity contribution in [2.24, 2.45) is 0 Å². The molecule has 2 unspecified atom stereocenters. The Labute approximate surface area is 160 Å². The molecule has 6 nitrogen and oxygen atoms in total. The number of nitrogens with one attached hydrogen (secondary N) is 2. The van der Waals surface area contributed by atoms with E-state index in [1.54, 1.807) is 34.9 Å². The average molecular weight is 408 g/mol. The van der Waals surface area contributed by atoms with E-state index in [1.807, 2.05) is 13.2 Å². The molecule has 0 radical (unpaired) electrons. The fourth-order valence-electron chi connectivity index (χ4n) is 2.68. The Morgan fingerprint density at radius 3 is 2.68 bits per heavy atom. The fourth-order valence-corrected chi connectivity index (χ4v) is 4.39. The van der Waals surface area contributed by atoms with E-state index in [4.69, 9.17) is 0 Å². The number of hydrogen-bond donors (Lipinski definition) is 2. The summed E-state index contributed by atoms with van der Waals surface area (Å²) in [6.45, 7) is 3.95. The summed E-state index contributed by atoms with van der Waals surface area (Å²) in [5.41, 5.74) is 0. The van der Waals surface area contributed by atoms with E-state index in [0.717, 1.165) is 12.3 Å². The van der Waals surface area contributed by atoms with Crippen molar-refractivity contribution in [3.05, 3.63) is 30.3 Å². The molecule has 2 rings (SSSR count). The molecule has 0 aromatic heterocycles. The number of hydrogen-bond acceptors (Lipinski definition) is 5. The number of carbonyl (C=O) groups excluding carboxylic acids is 1. The van der Waals surface area contributed by atoms with Crippen molar-refractivity contribution in [3.63, 3.8) is 0 Å². The first-order valence-corrected chi connectivity index (χ1v) is 10.9. The van der Waals surface area contributed by atoms with E-state index in [0.29, 0.717) is 19.5 Å². The van der Waals surface area contributed by atoms with Gasteiger partial charge in [-0.1, -0.05) is 18.2 Å². The number of sulfonamides is 1. The third-order valence-corrected chi connectivity index (χ3v) is 6.07. The second-order valence-electron chi connectivity index (χ2n) is 5.91. The quantitative estimate of drug-likeness (QED) is 0.712. The normalized spacial score (nSPS) is 19.1. The summed E-state index contributed by atoms with van der Waals surface area (Å²) in [4.78, 5) is 14.8. The van der Waals surface area contributed by atoms with Crippen LogP contribution in [0, 0.1) is 0 Å². The van der Waals surface area contributed by atoms with Crippen molar-refractivity contribution in [2.45, 2.75) is 30.3 Å². The molecule has 2 atom stereocenters. The molecule has 1 aliphatic rings. The van der Waals surface area contributed by atoms with Gasteiger partial charge >= 0.3 is 0 Å². The number of rotatable bonds is 7. The monoisotopic (exact) mass is 407 g/mol. The third kappa shape index (κ3) is 6.45. The number of nitrogens with zero attached hydrogens (tertiary/aromatic N) is 1. The average Bonchev–Trinajstić information content (AvgIpc) is 2.58. The van der Waals surface area contributed by atoms with Gasteiger partial charge in [0.05, 0.1) is 4.90 Å². The Bertz CT molecular complexity index is 643. The standard InChI is InChI=1S/C16H25N3O3S2.ClH/c1-13-12-19(10-9-17-13)16(20)15(8-11-23-2)18-24(21,22)14-6-4-3-5-7-14;/h3-7,13,15,17-18H,8-12H2,1-2H3;1H. The molecule has 1 aromatic rings. The number of benzene rings is 1. The van der Waals surface area contributed by atoms with Gasteiger partial charge in [-0.05, 0) is 37.5 Å². The summed E-state index contributed by atoms with van der Waals surface area (Å²) < 4.78 is 27.7. The van der Waals surface area contributed by atoms with E-state index in [-0.39, 0.29) is 29.3 Å². The molecule has 1 aromatic carbocycles. The van der Waals surface area contributed by atoms with Gasteiger partial charge in [0.25, 0.3) is 0 Å². The van der Waals surface area contributed by atoms with E-state index in [2.05, 4.69) is 10.0 Å². The van der Waals surface area contributed by atoms with Crippen LogP contribution in [0.3, 0.4) is 0 Å². The summed E-state index contributed by atoms with van der Waals surface area (Å²) in [5, 5.41) is 3.29. The summed E-state index contributed by atoms with van der Waals surface area (Å²) in [5.74, 6) is 0.576. The molecule has 0 spiro atoms. The number of thioether (sulfide) groups is 1. The summed E-state index contributed by atoms with van der Waals surface area (Å²) in [6.07, 6.45) is 2.42. The van der Waals surface area contributed by atoms with E-state index in [1.165, 1.54) is 12.1 Å². The smallest absolute Gasteiger partial charge is 0.241 e. The van der Waals surface area contributed by atoms with Crippen molar-refractivity contribution in [1.82, 2.24) is 14.9 Å². The topological polar surface area (TPSA) is 78.5 Å². The first-order valence-electron chi connectivity index (χ1n) is 8.02. The van der Waals surface area contributed by atoms with Crippen LogP contribution >= 0.6 is 24.2 Å². The van der Waals surface area contributed by atoms with E-state index < -0.39 is 16.1 Å². The Hall–Kier alpha value is -0.800. The predicted octanol–water partition coefficient (Wildman–Crippen LogP) is 1.33.